The molecular weight excluding hydrogens is 384 g/mol. The minimum atomic E-state index is -0.387. The number of piperidine rings is 1. The molecule has 1 saturated heterocycles. The summed E-state index contributed by atoms with van der Waals surface area (Å²) >= 11 is 0. The van der Waals surface area contributed by atoms with Crippen LogP contribution in [-0.2, 0) is 23.3 Å². The van der Waals surface area contributed by atoms with Crippen molar-refractivity contribution in [2.24, 2.45) is 0 Å². The van der Waals surface area contributed by atoms with E-state index in [4.69, 9.17) is 4.74 Å². The molecule has 5 rings (SSSR count). The highest BCUT2D eigenvalue weighted by molar-refractivity contribution is 6.08. The van der Waals surface area contributed by atoms with Crippen LogP contribution in [0.4, 0.5) is 5.69 Å². The van der Waals surface area contributed by atoms with E-state index >= 15 is 0 Å². The number of fused-ring (bicyclic) bond motifs is 2. The second-order valence-corrected chi connectivity index (χ2v) is 8.60. The highest BCUT2D eigenvalue weighted by Crippen LogP contribution is 2.48. The molecular formula is C27H28N2O2. The summed E-state index contributed by atoms with van der Waals surface area (Å²) in [4.78, 5) is 18.2. The van der Waals surface area contributed by atoms with Crippen LogP contribution in [0, 0.1) is 0 Å². The van der Waals surface area contributed by atoms with Crippen LogP contribution in [0.15, 0.2) is 78.9 Å². The summed E-state index contributed by atoms with van der Waals surface area (Å²) in [6.45, 7) is 3.38. The number of anilines is 1. The van der Waals surface area contributed by atoms with Gasteiger partial charge in [-0.3, -0.25) is 9.69 Å². The van der Waals surface area contributed by atoms with Crippen LogP contribution in [-0.4, -0.2) is 31.0 Å². The van der Waals surface area contributed by atoms with Gasteiger partial charge in [0.2, 0.25) is 5.91 Å². The molecule has 0 radical (unpaired) electrons. The zero-order valence-corrected chi connectivity index (χ0v) is 18.0. The molecule has 2 aliphatic rings. The lowest BCUT2D eigenvalue weighted by atomic mass is 9.73. The minimum Gasteiger partial charge on any atom is -0.497 e. The van der Waals surface area contributed by atoms with Gasteiger partial charge in [-0.1, -0.05) is 60.7 Å². The second kappa shape index (κ2) is 8.20. The predicted molar refractivity (Wildman–Crippen MR) is 123 cm³/mol. The highest BCUT2D eigenvalue weighted by Gasteiger charge is 2.51. The maximum atomic E-state index is 13.8. The van der Waals surface area contributed by atoms with Crippen LogP contribution in [0.5, 0.6) is 5.75 Å². The van der Waals surface area contributed by atoms with E-state index < -0.39 is 0 Å². The van der Waals surface area contributed by atoms with Gasteiger partial charge in [0.05, 0.1) is 19.1 Å². The Labute approximate surface area is 184 Å². The Morgan fingerprint density at radius 3 is 2.16 bits per heavy atom. The summed E-state index contributed by atoms with van der Waals surface area (Å²) in [6, 6.07) is 26.9. The fourth-order valence-electron chi connectivity index (χ4n) is 5.08. The second-order valence-electron chi connectivity index (χ2n) is 8.60. The molecule has 0 aromatic heterocycles. The minimum absolute atomic E-state index is 0.265. The Morgan fingerprint density at radius 1 is 0.806 bits per heavy atom. The molecule has 0 aliphatic carbocycles. The van der Waals surface area contributed by atoms with Crippen LogP contribution >= 0.6 is 0 Å². The number of para-hydroxylation sites is 1. The van der Waals surface area contributed by atoms with Gasteiger partial charge in [0.15, 0.2) is 0 Å². The van der Waals surface area contributed by atoms with Crippen LogP contribution in [0.3, 0.4) is 0 Å². The van der Waals surface area contributed by atoms with Crippen LogP contribution in [0.2, 0.25) is 0 Å². The Hall–Kier alpha value is -3.11. The summed E-state index contributed by atoms with van der Waals surface area (Å²) in [5, 5.41) is 0. The first kappa shape index (κ1) is 19.8. The van der Waals surface area contributed by atoms with E-state index in [1.165, 1.54) is 16.7 Å². The smallest absolute Gasteiger partial charge is 0.238 e. The van der Waals surface area contributed by atoms with Crippen molar-refractivity contribution in [3.8, 4) is 5.75 Å². The fraction of sp³-hybridized carbons (Fsp3) is 0.296. The normalized spacial score (nSPS) is 17.7. The van der Waals surface area contributed by atoms with Crippen LogP contribution in [0.25, 0.3) is 0 Å². The van der Waals surface area contributed by atoms with Gasteiger partial charge < -0.3 is 9.64 Å². The third kappa shape index (κ3) is 3.61. The molecule has 0 N–H and O–H groups in total. The molecule has 2 aliphatic heterocycles. The maximum Gasteiger partial charge on any atom is 0.238 e. The van der Waals surface area contributed by atoms with Crippen molar-refractivity contribution in [1.29, 1.82) is 0 Å². The Kier molecular flexibility index (Phi) is 5.24. The molecule has 1 amide bonds. The summed E-state index contributed by atoms with van der Waals surface area (Å²) in [6.07, 6.45) is 1.73. The number of ether oxygens (including phenoxy) is 1. The van der Waals surface area contributed by atoms with Gasteiger partial charge in [0, 0.05) is 12.2 Å². The largest absolute Gasteiger partial charge is 0.497 e. The van der Waals surface area contributed by atoms with E-state index in [9.17, 15) is 4.79 Å². The third-order valence-electron chi connectivity index (χ3n) is 6.82. The predicted octanol–water partition coefficient (Wildman–Crippen LogP) is 4.78. The average Bonchev–Trinajstić information content (AvgIpc) is 3.05. The number of hydrogen-bond acceptors (Lipinski definition) is 3. The van der Waals surface area contributed by atoms with Crippen molar-refractivity contribution in [2.45, 2.75) is 31.3 Å². The Balaban J connectivity index is 1.34. The van der Waals surface area contributed by atoms with E-state index in [0.29, 0.717) is 6.54 Å². The molecule has 4 nitrogen and oxygen atoms in total. The van der Waals surface area contributed by atoms with E-state index in [1.807, 2.05) is 41.3 Å². The molecule has 0 unspecified atom stereocenters. The van der Waals surface area contributed by atoms with E-state index in [1.54, 1.807) is 7.11 Å². The fourth-order valence-corrected chi connectivity index (χ4v) is 5.08. The maximum absolute atomic E-state index is 13.8. The number of nitrogens with zero attached hydrogens (tertiary/aromatic N) is 2. The standard InChI is InChI=1S/C27H28N2O2/c1-31-23-13-11-22(12-14-23)19-28-17-15-27(16-18-28)24-9-5-6-10-25(24)29(26(27)30)20-21-7-3-2-4-8-21/h2-14H,15-20H2,1H3. The molecule has 4 heteroatoms. The Morgan fingerprint density at radius 2 is 1.45 bits per heavy atom. The average molecular weight is 413 g/mol. The monoisotopic (exact) mass is 412 g/mol. The van der Waals surface area contributed by atoms with Gasteiger partial charge in [-0.25, -0.2) is 0 Å². The van der Waals surface area contributed by atoms with E-state index in [-0.39, 0.29) is 11.3 Å². The molecule has 3 aromatic rings. The molecule has 3 aromatic carbocycles. The van der Waals surface area contributed by atoms with E-state index in [0.717, 1.165) is 43.9 Å². The molecule has 0 atom stereocenters. The summed E-state index contributed by atoms with van der Waals surface area (Å²) in [5.41, 5.74) is 4.35. The lowest BCUT2D eigenvalue weighted by Crippen LogP contribution is -2.48. The number of amides is 1. The summed E-state index contributed by atoms with van der Waals surface area (Å²) in [7, 11) is 1.69. The zero-order valence-electron chi connectivity index (χ0n) is 18.0. The molecule has 0 bridgehead atoms. The SMILES string of the molecule is COc1ccc(CN2CCC3(CC2)C(=O)N(Cc2ccccc2)c2ccccc23)cc1. The molecule has 1 fully saturated rings. The Bertz CT molecular complexity index is 1050. The number of carbonyl (C=O) groups is 1. The van der Waals surface area contributed by atoms with Gasteiger partial charge in [0.1, 0.15) is 5.75 Å². The lowest BCUT2D eigenvalue weighted by molar-refractivity contribution is -0.125. The summed E-state index contributed by atoms with van der Waals surface area (Å²) < 4.78 is 5.26. The number of carbonyl (C=O) groups excluding carboxylic acids is 1. The van der Waals surface area contributed by atoms with Crippen molar-refractivity contribution in [3.05, 3.63) is 95.6 Å². The first-order chi connectivity index (χ1) is 15.2. The number of likely N-dealkylation sites (tertiary alicyclic amines) is 1. The lowest BCUT2D eigenvalue weighted by Gasteiger charge is -2.38. The third-order valence-corrected chi connectivity index (χ3v) is 6.82. The van der Waals surface area contributed by atoms with Crippen molar-refractivity contribution in [3.63, 3.8) is 0 Å². The number of rotatable bonds is 5. The molecule has 158 valence electrons. The van der Waals surface area contributed by atoms with Crippen molar-refractivity contribution in [2.75, 3.05) is 25.1 Å². The first-order valence-corrected chi connectivity index (χ1v) is 11.0. The highest BCUT2D eigenvalue weighted by atomic mass is 16.5. The van der Waals surface area contributed by atoms with Gasteiger partial charge >= 0.3 is 0 Å². The molecule has 2 heterocycles. The molecule has 0 saturated carbocycles. The quantitative estimate of drug-likeness (QED) is 0.605. The van der Waals surface area contributed by atoms with Gasteiger partial charge in [-0.15, -0.1) is 0 Å². The van der Waals surface area contributed by atoms with Crippen molar-refractivity contribution in [1.82, 2.24) is 4.90 Å². The van der Waals surface area contributed by atoms with Gasteiger partial charge in [-0.2, -0.15) is 0 Å². The van der Waals surface area contributed by atoms with Crippen molar-refractivity contribution < 1.29 is 9.53 Å². The molecule has 31 heavy (non-hydrogen) atoms. The molecule has 1 spiro atoms. The van der Waals surface area contributed by atoms with E-state index in [2.05, 4.69) is 47.4 Å². The van der Waals surface area contributed by atoms with Gasteiger partial charge in [0.25, 0.3) is 0 Å². The van der Waals surface area contributed by atoms with Crippen molar-refractivity contribution >= 4 is 11.6 Å². The number of hydrogen-bond donors (Lipinski definition) is 0. The van der Waals surface area contributed by atoms with Crippen LogP contribution in [0.1, 0.15) is 29.5 Å². The zero-order chi connectivity index (χ0) is 21.3. The number of benzene rings is 3. The summed E-state index contributed by atoms with van der Waals surface area (Å²) in [5.74, 6) is 1.15. The topological polar surface area (TPSA) is 32.8 Å². The van der Waals surface area contributed by atoms with Gasteiger partial charge in [-0.05, 0) is 60.8 Å². The first-order valence-electron chi connectivity index (χ1n) is 11.0. The van der Waals surface area contributed by atoms with Crippen LogP contribution < -0.4 is 9.64 Å². The number of methoxy groups -OCH3 is 1.